The van der Waals surface area contributed by atoms with E-state index >= 15 is 0 Å². The van der Waals surface area contributed by atoms with Crippen LogP contribution in [0.3, 0.4) is 0 Å². The molecule has 0 bridgehead atoms. The molecule has 0 atom stereocenters. The van der Waals surface area contributed by atoms with E-state index in [1.807, 2.05) is 55.5 Å². The van der Waals surface area contributed by atoms with Gasteiger partial charge in [0, 0.05) is 23.9 Å². The lowest BCUT2D eigenvalue weighted by Gasteiger charge is -2.04. The summed E-state index contributed by atoms with van der Waals surface area (Å²) in [6, 6.07) is 19.4. The third kappa shape index (κ3) is 3.81. The fourth-order valence-electron chi connectivity index (χ4n) is 1.80. The van der Waals surface area contributed by atoms with E-state index in [2.05, 4.69) is 17.4 Å². The van der Waals surface area contributed by atoms with Gasteiger partial charge in [-0.2, -0.15) is 0 Å². The Morgan fingerprint density at radius 3 is 2.21 bits per heavy atom. The Balaban J connectivity index is 1.94. The van der Waals surface area contributed by atoms with Crippen LogP contribution in [0.5, 0.6) is 0 Å². The van der Waals surface area contributed by atoms with E-state index in [4.69, 9.17) is 0 Å². The minimum atomic E-state index is 0.0566. The minimum absolute atomic E-state index is 0.0566. The summed E-state index contributed by atoms with van der Waals surface area (Å²) < 4.78 is 0. The Morgan fingerprint density at radius 1 is 1.00 bits per heavy atom. The molecule has 0 unspecified atom stereocenters. The normalized spacial score (nSPS) is 11.1. The molecule has 96 valence electrons. The summed E-state index contributed by atoms with van der Waals surface area (Å²) in [7, 11) is 0. The fraction of sp³-hybridized carbons (Fsp3) is 0.118. The predicted octanol–water partition coefficient (Wildman–Crippen LogP) is 3.56. The largest absolute Gasteiger partial charge is 0.386 e. The lowest BCUT2D eigenvalue weighted by molar-refractivity contribution is 0.103. The maximum Gasteiger partial charge on any atom is 0.190 e. The second kappa shape index (κ2) is 6.55. The first kappa shape index (κ1) is 13.1. The minimum Gasteiger partial charge on any atom is -0.386 e. The molecule has 0 radical (unpaired) electrons. The van der Waals surface area contributed by atoms with Crippen LogP contribution in [0.2, 0.25) is 0 Å². The summed E-state index contributed by atoms with van der Waals surface area (Å²) in [5.74, 6) is 0.0566. The number of carbonyl (C=O) groups is 1. The fourth-order valence-corrected chi connectivity index (χ4v) is 1.80. The molecule has 2 heteroatoms. The average molecular weight is 251 g/mol. The van der Waals surface area contributed by atoms with Crippen molar-refractivity contribution in [3.8, 4) is 0 Å². The highest BCUT2D eigenvalue weighted by Crippen LogP contribution is 2.07. The molecule has 2 aromatic rings. The van der Waals surface area contributed by atoms with Crippen molar-refractivity contribution in [3.63, 3.8) is 0 Å². The molecular formula is C17H17NO. The first-order valence-electron chi connectivity index (χ1n) is 6.31. The van der Waals surface area contributed by atoms with E-state index in [1.165, 1.54) is 5.56 Å². The van der Waals surface area contributed by atoms with Crippen molar-refractivity contribution in [1.29, 1.82) is 0 Å². The van der Waals surface area contributed by atoms with Gasteiger partial charge in [0.2, 0.25) is 0 Å². The number of benzene rings is 2. The first-order valence-corrected chi connectivity index (χ1v) is 6.31. The van der Waals surface area contributed by atoms with Crippen molar-refractivity contribution >= 4 is 5.78 Å². The number of Topliss-reactive ketones (excluding diaryl/α,β-unsaturated/α-hetero) is 1. The third-order valence-corrected chi connectivity index (χ3v) is 2.86. The van der Waals surface area contributed by atoms with Gasteiger partial charge in [0.25, 0.3) is 0 Å². The van der Waals surface area contributed by atoms with E-state index in [-0.39, 0.29) is 5.78 Å². The highest BCUT2D eigenvalue weighted by molar-refractivity contribution is 6.08. The number of hydrogen-bond acceptors (Lipinski definition) is 2. The Labute approximate surface area is 113 Å². The van der Waals surface area contributed by atoms with Gasteiger partial charge in [-0.1, -0.05) is 60.7 Å². The van der Waals surface area contributed by atoms with E-state index in [0.29, 0.717) is 5.57 Å². The van der Waals surface area contributed by atoms with Crippen molar-refractivity contribution in [2.75, 3.05) is 0 Å². The van der Waals surface area contributed by atoms with Gasteiger partial charge < -0.3 is 5.32 Å². The molecule has 0 aliphatic heterocycles. The maximum absolute atomic E-state index is 12.1. The van der Waals surface area contributed by atoms with E-state index in [9.17, 15) is 4.79 Å². The monoisotopic (exact) mass is 251 g/mol. The van der Waals surface area contributed by atoms with Crippen LogP contribution in [-0.4, -0.2) is 5.78 Å². The lowest BCUT2D eigenvalue weighted by Crippen LogP contribution is -2.09. The van der Waals surface area contributed by atoms with Crippen molar-refractivity contribution in [2.24, 2.45) is 0 Å². The number of allylic oxidation sites excluding steroid dienone is 1. The molecule has 0 fully saturated rings. The Morgan fingerprint density at radius 2 is 1.58 bits per heavy atom. The van der Waals surface area contributed by atoms with E-state index in [0.717, 1.165) is 12.1 Å². The molecule has 0 saturated heterocycles. The molecule has 1 N–H and O–H groups in total. The predicted molar refractivity (Wildman–Crippen MR) is 77.8 cm³/mol. The molecule has 0 aliphatic rings. The van der Waals surface area contributed by atoms with Crippen molar-refractivity contribution in [2.45, 2.75) is 13.5 Å². The van der Waals surface area contributed by atoms with Gasteiger partial charge >= 0.3 is 0 Å². The lowest BCUT2D eigenvalue weighted by atomic mass is 10.1. The molecule has 0 aliphatic carbocycles. The maximum atomic E-state index is 12.1. The number of nitrogens with one attached hydrogen (secondary N) is 1. The smallest absolute Gasteiger partial charge is 0.190 e. The summed E-state index contributed by atoms with van der Waals surface area (Å²) in [6.45, 7) is 2.55. The standard InChI is InChI=1S/C17H17NO/c1-14(17(19)16-10-6-3-7-11-16)12-18-13-15-8-4-2-5-9-15/h2-12,18H,13H2,1H3. The van der Waals surface area contributed by atoms with Gasteiger partial charge in [-0.3, -0.25) is 4.79 Å². The van der Waals surface area contributed by atoms with Crippen LogP contribution in [0.4, 0.5) is 0 Å². The van der Waals surface area contributed by atoms with Crippen molar-refractivity contribution < 1.29 is 4.79 Å². The molecule has 0 saturated carbocycles. The highest BCUT2D eigenvalue weighted by atomic mass is 16.1. The van der Waals surface area contributed by atoms with Crippen LogP contribution in [0, 0.1) is 0 Å². The molecule has 0 aromatic heterocycles. The highest BCUT2D eigenvalue weighted by Gasteiger charge is 2.06. The van der Waals surface area contributed by atoms with Crippen molar-refractivity contribution in [3.05, 3.63) is 83.6 Å². The first-order chi connectivity index (χ1) is 9.27. The Kier molecular flexibility index (Phi) is 4.51. The van der Waals surface area contributed by atoms with Gasteiger partial charge in [-0.25, -0.2) is 0 Å². The van der Waals surface area contributed by atoms with Crippen LogP contribution in [0.15, 0.2) is 72.4 Å². The number of hydrogen-bond donors (Lipinski definition) is 1. The molecule has 19 heavy (non-hydrogen) atoms. The third-order valence-electron chi connectivity index (χ3n) is 2.86. The van der Waals surface area contributed by atoms with Crippen molar-refractivity contribution in [1.82, 2.24) is 5.32 Å². The van der Waals surface area contributed by atoms with Crippen LogP contribution < -0.4 is 5.32 Å². The second-order valence-electron chi connectivity index (χ2n) is 4.39. The zero-order chi connectivity index (χ0) is 13.5. The second-order valence-corrected chi connectivity index (χ2v) is 4.39. The summed E-state index contributed by atoms with van der Waals surface area (Å²) >= 11 is 0. The molecule has 0 amide bonds. The summed E-state index contributed by atoms with van der Waals surface area (Å²) in [5, 5.41) is 3.17. The SMILES string of the molecule is CC(=CNCc1ccccc1)C(=O)c1ccccc1. The van der Waals surface area contributed by atoms with Gasteiger partial charge in [-0.15, -0.1) is 0 Å². The molecular weight excluding hydrogens is 234 g/mol. The molecule has 2 nitrogen and oxygen atoms in total. The average Bonchev–Trinajstić information content (AvgIpc) is 2.48. The summed E-state index contributed by atoms with van der Waals surface area (Å²) in [6.07, 6.45) is 1.78. The summed E-state index contributed by atoms with van der Waals surface area (Å²) in [5.41, 5.74) is 2.62. The zero-order valence-electron chi connectivity index (χ0n) is 11.0. The Bertz CT molecular complexity index is 558. The Hall–Kier alpha value is -2.35. The molecule has 0 spiro atoms. The van der Waals surface area contributed by atoms with Gasteiger partial charge in [0.15, 0.2) is 5.78 Å². The van der Waals surface area contributed by atoms with Gasteiger partial charge in [0.05, 0.1) is 0 Å². The van der Waals surface area contributed by atoms with Gasteiger partial charge in [-0.05, 0) is 12.5 Å². The quantitative estimate of drug-likeness (QED) is 0.650. The number of carbonyl (C=O) groups excluding carboxylic acids is 1. The molecule has 2 aromatic carbocycles. The van der Waals surface area contributed by atoms with Crippen LogP contribution in [0.25, 0.3) is 0 Å². The van der Waals surface area contributed by atoms with Crippen LogP contribution in [-0.2, 0) is 6.54 Å². The van der Waals surface area contributed by atoms with Gasteiger partial charge in [0.1, 0.15) is 0 Å². The topological polar surface area (TPSA) is 29.1 Å². The number of rotatable bonds is 5. The zero-order valence-corrected chi connectivity index (χ0v) is 11.0. The van der Waals surface area contributed by atoms with Crippen LogP contribution in [0.1, 0.15) is 22.8 Å². The van der Waals surface area contributed by atoms with Crippen LogP contribution >= 0.6 is 0 Å². The summed E-state index contributed by atoms with van der Waals surface area (Å²) in [4.78, 5) is 12.1. The van der Waals surface area contributed by atoms with E-state index in [1.54, 1.807) is 6.20 Å². The molecule has 0 heterocycles. The number of ketones is 1. The molecule has 2 rings (SSSR count). The van der Waals surface area contributed by atoms with E-state index < -0.39 is 0 Å².